The van der Waals surface area contributed by atoms with Crippen molar-refractivity contribution in [1.82, 2.24) is 9.97 Å². The molecule has 0 aliphatic carbocycles. The number of methoxy groups -OCH3 is 1. The Labute approximate surface area is 188 Å². The molecule has 162 valence electrons. The van der Waals surface area contributed by atoms with Crippen LogP contribution in [0, 0.1) is 6.92 Å². The molecule has 0 bridgehead atoms. The molecule has 0 saturated heterocycles. The summed E-state index contributed by atoms with van der Waals surface area (Å²) < 4.78 is 31.4. The van der Waals surface area contributed by atoms with Gasteiger partial charge in [-0.05, 0) is 55.3 Å². The molecular formula is C23H22F2N2O2S2. The zero-order chi connectivity index (χ0) is 22.4. The van der Waals surface area contributed by atoms with E-state index in [9.17, 15) is 13.6 Å². The first-order chi connectivity index (χ1) is 14.9. The zero-order valence-corrected chi connectivity index (χ0v) is 19.0. The van der Waals surface area contributed by atoms with Gasteiger partial charge in [-0.2, -0.15) is 0 Å². The molecule has 0 aliphatic rings. The average Bonchev–Trinajstić information content (AvgIpc) is 3.25. The molecule has 4 nitrogen and oxygen atoms in total. The Morgan fingerprint density at radius 1 is 1.23 bits per heavy atom. The Hall–Kier alpha value is -2.58. The molecule has 31 heavy (non-hydrogen) atoms. The molecule has 0 unspecified atom stereocenters. The van der Waals surface area contributed by atoms with E-state index in [1.54, 1.807) is 26.2 Å². The highest BCUT2D eigenvalue weighted by Gasteiger charge is 2.13. The van der Waals surface area contributed by atoms with Gasteiger partial charge in [-0.3, -0.25) is 4.79 Å². The summed E-state index contributed by atoms with van der Waals surface area (Å²) in [4.78, 5) is 22.5. The van der Waals surface area contributed by atoms with Gasteiger partial charge >= 0.3 is 0 Å². The van der Waals surface area contributed by atoms with Gasteiger partial charge in [0.15, 0.2) is 10.9 Å². The van der Waals surface area contributed by atoms with Crippen molar-refractivity contribution >= 4 is 35.0 Å². The molecule has 8 heteroatoms. The van der Waals surface area contributed by atoms with Gasteiger partial charge in [0.1, 0.15) is 11.4 Å². The van der Waals surface area contributed by atoms with Crippen molar-refractivity contribution in [3.05, 3.63) is 74.7 Å². The van der Waals surface area contributed by atoms with E-state index in [-0.39, 0.29) is 16.6 Å². The molecule has 2 aromatic heterocycles. The summed E-state index contributed by atoms with van der Waals surface area (Å²) >= 11 is 2.76. The van der Waals surface area contributed by atoms with E-state index in [0.29, 0.717) is 22.1 Å². The van der Waals surface area contributed by atoms with Crippen LogP contribution in [-0.2, 0) is 12.2 Å². The largest absolute Gasteiger partial charge is 0.496 e. The van der Waals surface area contributed by atoms with Crippen molar-refractivity contribution in [3.8, 4) is 5.75 Å². The van der Waals surface area contributed by atoms with E-state index < -0.39 is 6.43 Å². The second-order valence-corrected chi connectivity index (χ2v) is 8.81. The topological polar surface area (TPSA) is 52.1 Å². The molecule has 1 aromatic carbocycles. The minimum atomic E-state index is -2.64. The second-order valence-electron chi connectivity index (χ2n) is 6.69. The lowest BCUT2D eigenvalue weighted by atomic mass is 10.1. The van der Waals surface area contributed by atoms with Crippen molar-refractivity contribution in [2.24, 2.45) is 0 Å². The van der Waals surface area contributed by atoms with Crippen LogP contribution in [0.25, 0.3) is 6.08 Å². The van der Waals surface area contributed by atoms with Crippen LogP contribution in [0.3, 0.4) is 0 Å². The molecule has 0 spiro atoms. The Kier molecular flexibility index (Phi) is 7.92. The number of halogens is 2. The number of rotatable bonds is 9. The summed E-state index contributed by atoms with van der Waals surface area (Å²) in [6.45, 7) is 3.72. The molecule has 0 saturated carbocycles. The summed E-state index contributed by atoms with van der Waals surface area (Å²) in [5.74, 6) is 1.07. The quantitative estimate of drug-likeness (QED) is 0.157. The SMILES string of the molecule is CCc1ccc(C(=O)/C=C/c2ccc(OC)c(CSc3nc(C)cc(C(F)F)n3)c2)s1. The van der Waals surface area contributed by atoms with Crippen LogP contribution in [0.15, 0.2) is 47.6 Å². The number of hydrogen-bond donors (Lipinski definition) is 0. The van der Waals surface area contributed by atoms with E-state index in [4.69, 9.17) is 4.74 Å². The van der Waals surface area contributed by atoms with Crippen LogP contribution in [0.5, 0.6) is 5.75 Å². The van der Waals surface area contributed by atoms with Gasteiger partial charge in [0, 0.05) is 21.9 Å². The molecule has 0 aliphatic heterocycles. The monoisotopic (exact) mass is 460 g/mol. The van der Waals surface area contributed by atoms with Gasteiger partial charge in [-0.15, -0.1) is 11.3 Å². The zero-order valence-electron chi connectivity index (χ0n) is 17.4. The van der Waals surface area contributed by atoms with Gasteiger partial charge in [-0.1, -0.05) is 30.8 Å². The molecule has 0 amide bonds. The van der Waals surface area contributed by atoms with Crippen LogP contribution in [-0.4, -0.2) is 22.9 Å². The maximum Gasteiger partial charge on any atom is 0.280 e. The minimum Gasteiger partial charge on any atom is -0.496 e. The number of benzene rings is 1. The first-order valence-corrected chi connectivity index (χ1v) is 11.4. The first kappa shape index (κ1) is 23.1. The highest BCUT2D eigenvalue weighted by molar-refractivity contribution is 7.98. The summed E-state index contributed by atoms with van der Waals surface area (Å²) in [5, 5.41) is 0.290. The lowest BCUT2D eigenvalue weighted by Crippen LogP contribution is -1.98. The molecular weight excluding hydrogens is 438 g/mol. The number of allylic oxidation sites excluding steroid dienone is 1. The van der Waals surface area contributed by atoms with Gasteiger partial charge < -0.3 is 4.74 Å². The number of ketones is 1. The summed E-state index contributed by atoms with van der Waals surface area (Å²) in [6, 6.07) is 10.7. The predicted octanol–water partition coefficient (Wildman–Crippen LogP) is 6.54. The third-order valence-electron chi connectivity index (χ3n) is 4.42. The predicted molar refractivity (Wildman–Crippen MR) is 121 cm³/mol. The van der Waals surface area contributed by atoms with Crippen LogP contribution in [0.2, 0.25) is 0 Å². The fourth-order valence-corrected chi connectivity index (χ4v) is 4.61. The maximum atomic E-state index is 13.0. The summed E-state index contributed by atoms with van der Waals surface area (Å²) in [6.07, 6.45) is 1.59. The lowest BCUT2D eigenvalue weighted by Gasteiger charge is -2.10. The van der Waals surface area contributed by atoms with Gasteiger partial charge in [0.25, 0.3) is 6.43 Å². The summed E-state index contributed by atoms with van der Waals surface area (Å²) in [7, 11) is 1.57. The van der Waals surface area contributed by atoms with Crippen molar-refractivity contribution in [2.75, 3.05) is 7.11 Å². The Morgan fingerprint density at radius 3 is 2.71 bits per heavy atom. The standard InChI is InChI=1S/C23H22F2N2O2S2/c1-4-17-7-10-21(31-17)19(28)8-5-15-6-9-20(29-3)16(12-15)13-30-23-26-14(2)11-18(27-23)22(24)25/h5-12,22H,4,13H2,1-3H3/b8-5+. The van der Waals surface area contributed by atoms with Crippen LogP contribution in [0.4, 0.5) is 8.78 Å². The fraction of sp³-hybridized carbons (Fsp3) is 0.261. The average molecular weight is 461 g/mol. The fourth-order valence-electron chi connectivity index (χ4n) is 2.85. The highest BCUT2D eigenvalue weighted by Crippen LogP contribution is 2.29. The minimum absolute atomic E-state index is 0.0378. The van der Waals surface area contributed by atoms with Crippen molar-refractivity contribution in [1.29, 1.82) is 0 Å². The summed E-state index contributed by atoms with van der Waals surface area (Å²) in [5.41, 5.74) is 1.91. The number of alkyl halides is 2. The Balaban J connectivity index is 1.75. The first-order valence-electron chi connectivity index (χ1n) is 9.64. The lowest BCUT2D eigenvalue weighted by molar-refractivity contribution is 0.105. The number of aryl methyl sites for hydroxylation is 2. The molecule has 0 atom stereocenters. The molecule has 3 aromatic rings. The van der Waals surface area contributed by atoms with Crippen LogP contribution < -0.4 is 4.74 Å². The van der Waals surface area contributed by atoms with Gasteiger partial charge in [0.05, 0.1) is 12.0 Å². The van der Waals surface area contributed by atoms with Crippen LogP contribution >= 0.6 is 23.1 Å². The molecule has 0 N–H and O–H groups in total. The Bertz CT molecular complexity index is 1100. The second kappa shape index (κ2) is 10.6. The third-order valence-corrected chi connectivity index (χ3v) is 6.56. The maximum absolute atomic E-state index is 13.0. The number of carbonyl (C=O) groups is 1. The number of thiophene rings is 1. The number of ether oxygens (including phenoxy) is 1. The van der Waals surface area contributed by atoms with E-state index in [1.165, 1.54) is 34.0 Å². The normalized spacial score (nSPS) is 11.4. The number of nitrogens with zero attached hydrogens (tertiary/aromatic N) is 2. The van der Waals surface area contributed by atoms with Gasteiger partial charge in [-0.25, -0.2) is 18.7 Å². The van der Waals surface area contributed by atoms with E-state index >= 15 is 0 Å². The van der Waals surface area contributed by atoms with E-state index in [1.807, 2.05) is 30.3 Å². The number of hydrogen-bond acceptors (Lipinski definition) is 6. The third kappa shape index (κ3) is 6.21. The molecule has 0 radical (unpaired) electrons. The molecule has 2 heterocycles. The highest BCUT2D eigenvalue weighted by atomic mass is 32.2. The Morgan fingerprint density at radius 2 is 2.03 bits per heavy atom. The van der Waals surface area contributed by atoms with Crippen LogP contribution in [0.1, 0.15) is 50.4 Å². The van der Waals surface area contributed by atoms with E-state index in [2.05, 4.69) is 16.9 Å². The number of aromatic nitrogens is 2. The van der Waals surface area contributed by atoms with E-state index in [0.717, 1.165) is 17.5 Å². The number of carbonyl (C=O) groups excluding carboxylic acids is 1. The molecule has 0 fully saturated rings. The molecule has 3 rings (SSSR count). The number of thioether (sulfide) groups is 1. The smallest absolute Gasteiger partial charge is 0.280 e. The van der Waals surface area contributed by atoms with Crippen molar-refractivity contribution in [3.63, 3.8) is 0 Å². The van der Waals surface area contributed by atoms with Crippen molar-refractivity contribution in [2.45, 2.75) is 37.6 Å². The van der Waals surface area contributed by atoms with Gasteiger partial charge in [0.2, 0.25) is 0 Å². The van der Waals surface area contributed by atoms with Crippen molar-refractivity contribution < 1.29 is 18.3 Å².